The molecule has 0 aliphatic heterocycles. The van der Waals surface area contributed by atoms with Gasteiger partial charge >= 0.3 is 29.3 Å². The molecule has 14 heteroatoms. The van der Waals surface area contributed by atoms with Crippen LogP contribution in [0.3, 0.4) is 0 Å². The van der Waals surface area contributed by atoms with E-state index in [9.17, 15) is 34.5 Å². The average Bonchev–Trinajstić information content (AvgIpc) is 2.96. The lowest BCUT2D eigenvalue weighted by Gasteiger charge is -2.30. The van der Waals surface area contributed by atoms with Crippen LogP contribution in [0.1, 0.15) is 43.4 Å². The third-order valence-electron chi connectivity index (χ3n) is 6.54. The molecule has 0 amide bonds. The molecule has 0 fully saturated rings. The van der Waals surface area contributed by atoms with Crippen LogP contribution in [-0.4, -0.2) is 38.8 Å². The summed E-state index contributed by atoms with van der Waals surface area (Å²) in [6.45, 7) is 5.96. The molecule has 0 aliphatic rings. The summed E-state index contributed by atoms with van der Waals surface area (Å²) in [5.74, 6) is -3.89. The molecule has 3 aromatic carbocycles. The molecule has 2 N–H and O–H groups in total. The Balaban J connectivity index is 2.07. The van der Waals surface area contributed by atoms with Crippen LogP contribution in [0.4, 0.5) is 11.4 Å². The van der Waals surface area contributed by atoms with Crippen LogP contribution in [0.2, 0.25) is 5.02 Å². The van der Waals surface area contributed by atoms with Crippen molar-refractivity contribution in [3.63, 3.8) is 0 Å². The summed E-state index contributed by atoms with van der Waals surface area (Å²) in [5, 5.41) is 30.3. The Bertz CT molecular complexity index is 1660. The molecule has 0 saturated heterocycles. The van der Waals surface area contributed by atoms with Crippen LogP contribution in [0.5, 0.6) is 11.5 Å². The quantitative estimate of drug-likeness (QED) is 0.0365. The number of aromatic hydroxyl groups is 1. The SMILES string of the molecule is C=CC(=O)OC(=O)CCC(C)(c1ccc(O)c([N+](=O)[O-])c1)c1ccc(OC(C)=O)c([N+](=O)OC(=N)Cc2ccc(Cl)cc2)c1. The number of hydrogen-bond donors (Lipinski definition) is 2. The molecule has 0 spiro atoms. The standard InChI is InChI=1S/C30H26ClN3O10/c1-4-28(37)43-29(38)13-14-30(3,20-7-11-25(36)23(16-20)33(39)40)21-8-12-26(42-18(2)35)24(17-21)34(41)44-27(32)15-19-5-9-22(31)10-6-19/h4-12,16-17,32H,1,13-15H2,2-3H3/p+1. The Morgan fingerprint density at radius 1 is 1.05 bits per heavy atom. The molecule has 44 heavy (non-hydrogen) atoms. The van der Waals surface area contributed by atoms with Crippen LogP contribution in [0.25, 0.3) is 0 Å². The topological polar surface area (TPSA) is 186 Å². The largest absolute Gasteiger partial charge is 0.502 e. The summed E-state index contributed by atoms with van der Waals surface area (Å²) in [6.07, 6.45) is 0.290. The molecule has 1 atom stereocenters. The summed E-state index contributed by atoms with van der Waals surface area (Å²) in [4.78, 5) is 64.9. The van der Waals surface area contributed by atoms with Crippen LogP contribution >= 0.6 is 11.6 Å². The van der Waals surface area contributed by atoms with E-state index in [2.05, 4.69) is 11.3 Å². The van der Waals surface area contributed by atoms with Crippen molar-refractivity contribution < 1.29 is 43.6 Å². The Hall–Kier alpha value is -5.43. The first-order chi connectivity index (χ1) is 20.7. The second-order valence-electron chi connectivity index (χ2n) is 9.64. The first kappa shape index (κ1) is 33.1. The van der Waals surface area contributed by atoms with Crippen molar-refractivity contribution in [1.29, 1.82) is 5.41 Å². The van der Waals surface area contributed by atoms with E-state index in [1.807, 2.05) is 0 Å². The highest BCUT2D eigenvalue weighted by atomic mass is 35.5. The van der Waals surface area contributed by atoms with E-state index in [0.717, 1.165) is 25.1 Å². The summed E-state index contributed by atoms with van der Waals surface area (Å²) in [6, 6.07) is 14.2. The van der Waals surface area contributed by atoms with Gasteiger partial charge < -0.3 is 14.6 Å². The molecule has 0 radical (unpaired) electrons. The van der Waals surface area contributed by atoms with Crippen molar-refractivity contribution in [2.24, 2.45) is 0 Å². The maximum absolute atomic E-state index is 13.2. The fourth-order valence-corrected chi connectivity index (χ4v) is 4.36. The molecule has 228 valence electrons. The Labute approximate surface area is 255 Å². The third-order valence-corrected chi connectivity index (χ3v) is 6.79. The van der Waals surface area contributed by atoms with Gasteiger partial charge in [0.2, 0.25) is 5.75 Å². The van der Waals surface area contributed by atoms with E-state index in [4.69, 9.17) is 26.6 Å². The van der Waals surface area contributed by atoms with E-state index in [0.29, 0.717) is 16.1 Å². The minimum Gasteiger partial charge on any atom is -0.502 e. The first-order valence-electron chi connectivity index (χ1n) is 12.9. The van der Waals surface area contributed by atoms with Gasteiger partial charge in [0.25, 0.3) is 10.8 Å². The number of rotatable bonds is 12. The molecule has 0 aliphatic carbocycles. The number of ether oxygens (including phenoxy) is 2. The monoisotopic (exact) mass is 624 g/mol. The van der Waals surface area contributed by atoms with Gasteiger partial charge in [-0.1, -0.05) is 49.4 Å². The minimum absolute atomic E-state index is 0.0171. The first-order valence-corrected chi connectivity index (χ1v) is 13.3. The lowest BCUT2D eigenvalue weighted by Crippen LogP contribution is -2.26. The second-order valence-corrected chi connectivity index (χ2v) is 10.1. The fraction of sp³-hybridized carbons (Fsp3) is 0.200. The Morgan fingerprint density at radius 2 is 1.66 bits per heavy atom. The molecular formula is C30H27ClN3O10+. The zero-order valence-electron chi connectivity index (χ0n) is 23.6. The average molecular weight is 625 g/mol. The number of nitrogens with zero attached hydrogens (tertiary/aromatic N) is 2. The lowest BCUT2D eigenvalue weighted by molar-refractivity contribution is -0.711. The fourth-order valence-electron chi connectivity index (χ4n) is 4.24. The number of nitro benzene ring substituents is 1. The van der Waals surface area contributed by atoms with Gasteiger partial charge in [-0.15, -0.1) is 0 Å². The number of nitrogens with one attached hydrogen (secondary N) is 1. The van der Waals surface area contributed by atoms with Crippen molar-refractivity contribution in [2.45, 2.75) is 38.5 Å². The number of benzene rings is 3. The van der Waals surface area contributed by atoms with Gasteiger partial charge in [-0.3, -0.25) is 25.1 Å². The van der Waals surface area contributed by atoms with Gasteiger partial charge in [0, 0.05) is 42.0 Å². The second kappa shape index (κ2) is 14.2. The predicted octanol–water partition coefficient (Wildman–Crippen LogP) is 5.78. The predicted molar refractivity (Wildman–Crippen MR) is 157 cm³/mol. The molecule has 0 aromatic heterocycles. The number of phenolic OH excluding ortho intramolecular Hbond substituents is 1. The molecule has 0 saturated carbocycles. The van der Waals surface area contributed by atoms with E-state index in [1.165, 1.54) is 24.3 Å². The number of esters is 3. The minimum atomic E-state index is -1.30. The third kappa shape index (κ3) is 8.32. The summed E-state index contributed by atoms with van der Waals surface area (Å²) in [7, 11) is 0. The van der Waals surface area contributed by atoms with Crippen molar-refractivity contribution >= 4 is 46.8 Å². The number of carbonyl (C=O) groups excluding carboxylic acids is 3. The van der Waals surface area contributed by atoms with E-state index in [-0.39, 0.29) is 41.2 Å². The normalized spacial score (nSPS) is 11.9. The number of phenols is 1. The zero-order valence-corrected chi connectivity index (χ0v) is 24.3. The van der Waals surface area contributed by atoms with Gasteiger partial charge in [0.15, 0.2) is 5.75 Å². The van der Waals surface area contributed by atoms with Crippen LogP contribution in [-0.2, 0) is 35.8 Å². The smallest absolute Gasteiger partial charge is 0.359 e. The van der Waals surface area contributed by atoms with E-state index >= 15 is 0 Å². The highest BCUT2D eigenvalue weighted by Gasteiger charge is 2.36. The summed E-state index contributed by atoms with van der Waals surface area (Å²) < 4.78 is 9.85. The number of halogens is 1. The van der Waals surface area contributed by atoms with Crippen molar-refractivity contribution in [2.75, 3.05) is 0 Å². The molecule has 0 bridgehead atoms. The highest BCUT2D eigenvalue weighted by Crippen LogP contribution is 2.43. The molecule has 3 rings (SSSR count). The molecule has 13 nitrogen and oxygen atoms in total. The van der Waals surface area contributed by atoms with Crippen molar-refractivity contribution in [1.82, 2.24) is 0 Å². The molecular weight excluding hydrogens is 598 g/mol. The Morgan fingerprint density at radius 3 is 2.25 bits per heavy atom. The van der Waals surface area contributed by atoms with Gasteiger partial charge in [-0.25, -0.2) is 4.79 Å². The Kier molecular flexibility index (Phi) is 10.6. The van der Waals surface area contributed by atoms with Gasteiger partial charge in [0.1, 0.15) is 0 Å². The lowest BCUT2D eigenvalue weighted by atomic mass is 9.72. The summed E-state index contributed by atoms with van der Waals surface area (Å²) in [5.41, 5.74) is -1.06. The maximum atomic E-state index is 13.2. The van der Waals surface area contributed by atoms with Crippen LogP contribution in [0, 0.1) is 20.4 Å². The number of hydrogen-bond acceptors (Lipinski definition) is 11. The zero-order chi connectivity index (χ0) is 32.6. The van der Waals surface area contributed by atoms with E-state index < -0.39 is 45.6 Å². The number of nitro groups is 1. The van der Waals surface area contributed by atoms with Gasteiger partial charge in [0.05, 0.1) is 16.3 Å². The van der Waals surface area contributed by atoms with Gasteiger partial charge in [-0.2, -0.15) is 4.84 Å². The van der Waals surface area contributed by atoms with Crippen LogP contribution in [0.15, 0.2) is 73.3 Å². The van der Waals surface area contributed by atoms with Crippen molar-refractivity contribution in [3.05, 3.63) is 110 Å². The maximum Gasteiger partial charge on any atom is 0.359 e. The molecule has 1 unspecified atom stereocenters. The highest BCUT2D eigenvalue weighted by molar-refractivity contribution is 6.30. The van der Waals surface area contributed by atoms with Gasteiger partial charge in [-0.05, 0) is 47.4 Å². The molecule has 0 heterocycles. The molecule has 3 aromatic rings. The van der Waals surface area contributed by atoms with Crippen LogP contribution < -0.4 is 4.74 Å². The van der Waals surface area contributed by atoms with Crippen molar-refractivity contribution in [3.8, 4) is 11.5 Å². The summed E-state index contributed by atoms with van der Waals surface area (Å²) >= 11 is 5.89. The number of carbonyl (C=O) groups is 3. The van der Waals surface area contributed by atoms with E-state index in [1.54, 1.807) is 31.2 Å².